The van der Waals surface area contributed by atoms with Crippen LogP contribution in [0.2, 0.25) is 0 Å². The minimum atomic E-state index is -1.21. The SMILES string of the molecule is Cc1ccc(C(=O)OC[C@@H]2O[C@@H](n3cnc4c(=S)n(C)cnc43)[C@@H](OC(=O)c3ccc(C)cc3)[C@H]2OC(=O)c2ccc(C)cc2)cc1. The van der Waals surface area contributed by atoms with Crippen LogP contribution < -0.4 is 0 Å². The second-order valence-electron chi connectivity index (χ2n) is 11.5. The molecule has 11 nitrogen and oxygen atoms in total. The van der Waals surface area contributed by atoms with E-state index in [4.69, 9.17) is 31.2 Å². The Labute approximate surface area is 275 Å². The molecule has 0 spiro atoms. The highest BCUT2D eigenvalue weighted by Gasteiger charge is 2.52. The van der Waals surface area contributed by atoms with Crippen molar-refractivity contribution in [1.29, 1.82) is 0 Å². The number of ether oxygens (including phenoxy) is 4. The molecule has 1 aliphatic rings. The molecule has 5 aromatic rings. The minimum absolute atomic E-state index is 0.288. The summed E-state index contributed by atoms with van der Waals surface area (Å²) in [5.41, 5.74) is 4.64. The van der Waals surface area contributed by atoms with Crippen LogP contribution in [-0.4, -0.2) is 61.9 Å². The van der Waals surface area contributed by atoms with Gasteiger partial charge in [0.15, 0.2) is 24.1 Å². The van der Waals surface area contributed by atoms with Gasteiger partial charge in [-0.25, -0.2) is 24.4 Å². The third-order valence-electron chi connectivity index (χ3n) is 7.93. The maximum absolute atomic E-state index is 13.5. The van der Waals surface area contributed by atoms with Crippen LogP contribution in [0.15, 0.2) is 85.5 Å². The van der Waals surface area contributed by atoms with E-state index in [0.29, 0.717) is 26.9 Å². The average Bonchev–Trinajstić information content (AvgIpc) is 3.64. The van der Waals surface area contributed by atoms with E-state index >= 15 is 0 Å². The Hall–Kier alpha value is -5.20. The maximum atomic E-state index is 13.5. The van der Waals surface area contributed by atoms with Gasteiger partial charge >= 0.3 is 17.9 Å². The minimum Gasteiger partial charge on any atom is -0.459 e. The van der Waals surface area contributed by atoms with Crippen LogP contribution in [0.4, 0.5) is 0 Å². The summed E-state index contributed by atoms with van der Waals surface area (Å²) < 4.78 is 27.9. The van der Waals surface area contributed by atoms with Gasteiger partial charge in [0.25, 0.3) is 0 Å². The summed E-state index contributed by atoms with van der Waals surface area (Å²) in [6, 6.07) is 20.7. The fraction of sp³-hybridized carbons (Fsp3) is 0.257. The number of carbonyl (C=O) groups excluding carboxylic acids is 3. The molecule has 3 aromatic carbocycles. The number of hydrogen-bond acceptors (Lipinski definition) is 10. The van der Waals surface area contributed by atoms with Crippen molar-refractivity contribution in [2.24, 2.45) is 7.05 Å². The summed E-state index contributed by atoms with van der Waals surface area (Å²) >= 11 is 5.54. The van der Waals surface area contributed by atoms with Gasteiger partial charge in [0.2, 0.25) is 0 Å². The molecule has 1 fully saturated rings. The molecule has 2 aromatic heterocycles. The number of imidazole rings is 1. The Morgan fingerprint density at radius 1 is 0.723 bits per heavy atom. The van der Waals surface area contributed by atoms with Gasteiger partial charge in [-0.3, -0.25) is 4.57 Å². The van der Waals surface area contributed by atoms with E-state index in [1.54, 1.807) is 95.3 Å². The lowest BCUT2D eigenvalue weighted by Crippen LogP contribution is -2.41. The van der Waals surface area contributed by atoms with Gasteiger partial charge in [0.1, 0.15) is 22.9 Å². The van der Waals surface area contributed by atoms with Crippen molar-refractivity contribution in [2.45, 2.75) is 45.3 Å². The normalized spacial score (nSPS) is 19.0. The Morgan fingerprint density at radius 3 is 1.74 bits per heavy atom. The molecule has 6 rings (SSSR count). The first-order valence-corrected chi connectivity index (χ1v) is 15.3. The molecule has 3 heterocycles. The lowest BCUT2D eigenvalue weighted by molar-refractivity contribution is -0.0606. The maximum Gasteiger partial charge on any atom is 0.338 e. The number of aryl methyl sites for hydroxylation is 4. The van der Waals surface area contributed by atoms with Crippen LogP contribution in [0.5, 0.6) is 0 Å². The molecule has 0 bridgehead atoms. The standard InChI is InChI=1S/C35H32N4O7S/c1-20-5-11-23(12-6-20)33(40)43-17-26-28(45-34(41)24-13-7-21(2)8-14-24)29(46-35(42)25-15-9-22(3)10-16-25)31(44-26)39-19-36-27-30(39)37-18-38(4)32(27)47/h5-16,18-19,26,28-29,31H,17H2,1-4H3/t26-,28-,29-,31+/m0/s1. The van der Waals surface area contributed by atoms with Crippen LogP contribution in [0.25, 0.3) is 11.2 Å². The fourth-order valence-electron chi connectivity index (χ4n) is 5.21. The molecule has 0 amide bonds. The molecule has 4 atom stereocenters. The zero-order chi connectivity index (χ0) is 33.2. The highest BCUT2D eigenvalue weighted by Crippen LogP contribution is 2.37. The number of hydrogen-bond donors (Lipinski definition) is 0. The molecule has 47 heavy (non-hydrogen) atoms. The zero-order valence-corrected chi connectivity index (χ0v) is 27.0. The first-order chi connectivity index (χ1) is 22.6. The molecule has 0 radical (unpaired) electrons. The van der Waals surface area contributed by atoms with E-state index in [-0.39, 0.29) is 12.2 Å². The van der Waals surface area contributed by atoms with Gasteiger partial charge in [-0.05, 0) is 57.2 Å². The van der Waals surface area contributed by atoms with Crippen molar-refractivity contribution >= 4 is 41.3 Å². The first-order valence-electron chi connectivity index (χ1n) is 14.9. The van der Waals surface area contributed by atoms with Crippen molar-refractivity contribution < 1.29 is 33.3 Å². The van der Waals surface area contributed by atoms with Gasteiger partial charge in [-0.1, -0.05) is 65.3 Å². The summed E-state index contributed by atoms with van der Waals surface area (Å²) in [4.78, 5) is 49.0. The lowest BCUT2D eigenvalue weighted by atomic mass is 10.1. The van der Waals surface area contributed by atoms with E-state index in [2.05, 4.69) is 9.97 Å². The molecule has 1 saturated heterocycles. The van der Waals surface area contributed by atoms with Gasteiger partial charge in [-0.15, -0.1) is 0 Å². The Balaban J connectivity index is 1.38. The average molecular weight is 653 g/mol. The number of rotatable bonds is 8. The molecule has 0 aliphatic carbocycles. The summed E-state index contributed by atoms with van der Waals surface area (Å²) in [7, 11) is 1.75. The van der Waals surface area contributed by atoms with Crippen LogP contribution in [-0.2, 0) is 26.0 Å². The second-order valence-corrected chi connectivity index (χ2v) is 11.9. The molecule has 0 saturated carbocycles. The highest BCUT2D eigenvalue weighted by atomic mass is 32.1. The number of aromatic nitrogens is 4. The monoisotopic (exact) mass is 652 g/mol. The number of carbonyl (C=O) groups is 3. The fourth-order valence-corrected chi connectivity index (χ4v) is 5.40. The van der Waals surface area contributed by atoms with Crippen molar-refractivity contribution in [3.8, 4) is 0 Å². The van der Waals surface area contributed by atoms with E-state index in [1.165, 1.54) is 6.33 Å². The van der Waals surface area contributed by atoms with Crippen molar-refractivity contribution in [1.82, 2.24) is 19.1 Å². The molecular formula is C35H32N4O7S. The largest absolute Gasteiger partial charge is 0.459 e. The van der Waals surface area contributed by atoms with Gasteiger partial charge in [0.05, 0.1) is 29.3 Å². The zero-order valence-electron chi connectivity index (χ0n) is 26.2. The predicted octanol–water partition coefficient (Wildman–Crippen LogP) is 5.63. The second kappa shape index (κ2) is 13.3. The number of esters is 3. The summed E-state index contributed by atoms with van der Waals surface area (Å²) in [5, 5.41) is 0. The van der Waals surface area contributed by atoms with E-state index in [9.17, 15) is 14.4 Å². The quantitative estimate of drug-likeness (QED) is 0.118. The van der Waals surface area contributed by atoms with Gasteiger partial charge in [-0.2, -0.15) is 0 Å². The van der Waals surface area contributed by atoms with Crippen LogP contribution in [0, 0.1) is 25.4 Å². The summed E-state index contributed by atoms with van der Waals surface area (Å²) in [6.07, 6.45) is -1.51. The Bertz CT molecular complexity index is 2000. The predicted molar refractivity (Wildman–Crippen MR) is 173 cm³/mol. The van der Waals surface area contributed by atoms with Crippen LogP contribution in [0.3, 0.4) is 0 Å². The first kappa shape index (κ1) is 31.8. The van der Waals surface area contributed by atoms with Crippen LogP contribution in [0.1, 0.15) is 54.0 Å². The van der Waals surface area contributed by atoms with Crippen molar-refractivity contribution in [2.75, 3.05) is 6.61 Å². The van der Waals surface area contributed by atoms with Crippen molar-refractivity contribution in [3.63, 3.8) is 0 Å². The van der Waals surface area contributed by atoms with E-state index < -0.39 is 42.4 Å². The van der Waals surface area contributed by atoms with E-state index in [1.807, 2.05) is 20.8 Å². The number of nitrogens with zero attached hydrogens (tertiary/aromatic N) is 4. The van der Waals surface area contributed by atoms with Gasteiger partial charge < -0.3 is 23.5 Å². The number of benzene rings is 3. The molecule has 0 N–H and O–H groups in total. The van der Waals surface area contributed by atoms with Crippen molar-refractivity contribution in [3.05, 3.63) is 123 Å². The Kier molecular flexibility index (Phi) is 8.97. The molecule has 0 unspecified atom stereocenters. The number of fused-ring (bicyclic) bond motifs is 1. The third-order valence-corrected chi connectivity index (χ3v) is 8.41. The highest BCUT2D eigenvalue weighted by molar-refractivity contribution is 7.71. The smallest absolute Gasteiger partial charge is 0.338 e. The topological polar surface area (TPSA) is 124 Å². The van der Waals surface area contributed by atoms with Crippen LogP contribution >= 0.6 is 12.2 Å². The summed E-state index contributed by atoms with van der Waals surface area (Å²) in [6.45, 7) is 5.41. The lowest BCUT2D eigenvalue weighted by Gasteiger charge is -2.25. The van der Waals surface area contributed by atoms with E-state index in [0.717, 1.165) is 16.7 Å². The third kappa shape index (κ3) is 6.69. The molecule has 1 aliphatic heterocycles. The molecular weight excluding hydrogens is 620 g/mol. The molecule has 12 heteroatoms. The van der Waals surface area contributed by atoms with Gasteiger partial charge in [0, 0.05) is 7.05 Å². The Morgan fingerprint density at radius 2 is 1.21 bits per heavy atom. The summed E-state index contributed by atoms with van der Waals surface area (Å²) in [5.74, 6) is -1.92. The molecule has 240 valence electrons.